The normalized spacial score (nSPS) is 10.5. The van der Waals surface area contributed by atoms with Crippen LogP contribution in [0.4, 0.5) is 0 Å². The number of ether oxygens (including phenoxy) is 1. The Morgan fingerprint density at radius 1 is 0.852 bits per heavy atom. The Labute approximate surface area is 163 Å². The van der Waals surface area contributed by atoms with Crippen LogP contribution in [-0.4, -0.2) is 18.2 Å². The molecule has 0 saturated carbocycles. The van der Waals surface area contributed by atoms with Crippen LogP contribution in [0.25, 0.3) is 0 Å². The van der Waals surface area contributed by atoms with Gasteiger partial charge in [0.05, 0.1) is 0 Å². The zero-order chi connectivity index (χ0) is 19.4. The lowest BCUT2D eigenvalue weighted by Crippen LogP contribution is -2.13. The highest BCUT2D eigenvalue weighted by molar-refractivity contribution is 6.30. The molecule has 3 rings (SSSR count). The first-order chi connectivity index (χ1) is 12.9. The maximum atomic E-state index is 12.5. The van der Waals surface area contributed by atoms with Gasteiger partial charge < -0.3 is 4.74 Å². The minimum absolute atomic E-state index is 0.0469. The molecule has 0 radical (unpaired) electrons. The van der Waals surface area contributed by atoms with E-state index in [9.17, 15) is 9.59 Å². The molecular formula is C23H19ClO3. The molecule has 0 fully saturated rings. The topological polar surface area (TPSA) is 43.4 Å². The van der Waals surface area contributed by atoms with Gasteiger partial charge in [0.15, 0.2) is 18.2 Å². The van der Waals surface area contributed by atoms with Gasteiger partial charge in [0.2, 0.25) is 0 Å². The summed E-state index contributed by atoms with van der Waals surface area (Å²) in [5.41, 5.74) is 3.75. The average molecular weight is 379 g/mol. The van der Waals surface area contributed by atoms with E-state index in [4.69, 9.17) is 16.3 Å². The number of carbonyl (C=O) groups excluding carboxylic acids is 2. The fourth-order valence-corrected chi connectivity index (χ4v) is 2.86. The summed E-state index contributed by atoms with van der Waals surface area (Å²) in [6.07, 6.45) is 0. The van der Waals surface area contributed by atoms with Gasteiger partial charge in [-0.15, -0.1) is 0 Å². The quantitative estimate of drug-likeness (QED) is 0.536. The summed E-state index contributed by atoms with van der Waals surface area (Å²) in [5, 5.41) is 0.587. The van der Waals surface area contributed by atoms with E-state index in [1.807, 2.05) is 32.0 Å². The van der Waals surface area contributed by atoms with Crippen LogP contribution < -0.4 is 4.74 Å². The van der Waals surface area contributed by atoms with Crippen molar-refractivity contribution < 1.29 is 14.3 Å². The molecule has 0 N–H and O–H groups in total. The lowest BCUT2D eigenvalue weighted by atomic mass is 10.0. The molecule has 0 saturated heterocycles. The van der Waals surface area contributed by atoms with Crippen molar-refractivity contribution in [1.82, 2.24) is 0 Å². The van der Waals surface area contributed by atoms with Crippen LogP contribution in [0.3, 0.4) is 0 Å². The number of hydrogen-bond acceptors (Lipinski definition) is 3. The fraction of sp³-hybridized carbons (Fsp3) is 0.130. The molecule has 0 heterocycles. The second-order valence-electron chi connectivity index (χ2n) is 6.39. The summed E-state index contributed by atoms with van der Waals surface area (Å²) >= 11 is 5.85. The van der Waals surface area contributed by atoms with Crippen LogP contribution in [0.5, 0.6) is 5.75 Å². The Kier molecular flexibility index (Phi) is 5.72. The average Bonchev–Trinajstić information content (AvgIpc) is 2.68. The molecular weight excluding hydrogens is 360 g/mol. The third-order valence-corrected chi connectivity index (χ3v) is 4.54. The fourth-order valence-electron chi connectivity index (χ4n) is 2.73. The van der Waals surface area contributed by atoms with Crippen LogP contribution >= 0.6 is 11.6 Å². The first kappa shape index (κ1) is 18.9. The highest BCUT2D eigenvalue weighted by Crippen LogP contribution is 2.18. The monoisotopic (exact) mass is 378 g/mol. The van der Waals surface area contributed by atoms with E-state index in [-0.39, 0.29) is 18.2 Å². The van der Waals surface area contributed by atoms with Crippen molar-refractivity contribution in [2.75, 3.05) is 6.61 Å². The van der Waals surface area contributed by atoms with E-state index >= 15 is 0 Å². The molecule has 0 bridgehead atoms. The second-order valence-corrected chi connectivity index (χ2v) is 6.83. The number of Topliss-reactive ketones (excluding diaryl/α,β-unsaturated/α-hetero) is 1. The molecule has 0 atom stereocenters. The molecule has 0 amide bonds. The van der Waals surface area contributed by atoms with Crippen molar-refractivity contribution in [1.29, 1.82) is 0 Å². The number of aryl methyl sites for hydroxylation is 2. The minimum Gasteiger partial charge on any atom is -0.485 e. The summed E-state index contributed by atoms with van der Waals surface area (Å²) in [6.45, 7) is 3.81. The first-order valence-corrected chi connectivity index (χ1v) is 8.95. The van der Waals surface area contributed by atoms with E-state index in [0.29, 0.717) is 27.5 Å². The van der Waals surface area contributed by atoms with Crippen molar-refractivity contribution in [2.24, 2.45) is 0 Å². The van der Waals surface area contributed by atoms with Gasteiger partial charge in [-0.1, -0.05) is 29.3 Å². The van der Waals surface area contributed by atoms with Crippen LogP contribution in [0, 0.1) is 13.8 Å². The Balaban J connectivity index is 1.65. The van der Waals surface area contributed by atoms with Crippen LogP contribution in [0.15, 0.2) is 66.7 Å². The van der Waals surface area contributed by atoms with Crippen molar-refractivity contribution in [2.45, 2.75) is 13.8 Å². The van der Waals surface area contributed by atoms with Crippen LogP contribution in [0.1, 0.15) is 37.4 Å². The second kappa shape index (κ2) is 8.19. The largest absolute Gasteiger partial charge is 0.485 e. The Bertz CT molecular complexity index is 974. The molecule has 3 aromatic carbocycles. The maximum Gasteiger partial charge on any atom is 0.200 e. The molecule has 4 heteroatoms. The van der Waals surface area contributed by atoms with Crippen molar-refractivity contribution in [3.05, 3.63) is 99.6 Å². The summed E-state index contributed by atoms with van der Waals surface area (Å²) in [4.78, 5) is 24.8. The summed E-state index contributed by atoms with van der Waals surface area (Å²) in [5.74, 6) is 0.378. The molecule has 27 heavy (non-hydrogen) atoms. The van der Waals surface area contributed by atoms with E-state index < -0.39 is 0 Å². The number of hydrogen-bond donors (Lipinski definition) is 0. The molecule has 3 aromatic rings. The predicted octanol–water partition coefficient (Wildman–Crippen LogP) is 5.45. The number of ketones is 2. The first-order valence-electron chi connectivity index (χ1n) is 8.57. The molecule has 0 aliphatic rings. The molecule has 0 aliphatic carbocycles. The zero-order valence-corrected chi connectivity index (χ0v) is 15.9. The van der Waals surface area contributed by atoms with Gasteiger partial charge in [-0.05, 0) is 74.0 Å². The molecule has 136 valence electrons. The molecule has 0 aromatic heterocycles. The van der Waals surface area contributed by atoms with Gasteiger partial charge in [-0.3, -0.25) is 9.59 Å². The predicted molar refractivity (Wildman–Crippen MR) is 107 cm³/mol. The highest BCUT2D eigenvalue weighted by atomic mass is 35.5. The van der Waals surface area contributed by atoms with Crippen LogP contribution in [0.2, 0.25) is 5.02 Å². The lowest BCUT2D eigenvalue weighted by Gasteiger charge is -2.09. The number of benzene rings is 3. The van der Waals surface area contributed by atoms with Crippen molar-refractivity contribution in [3.8, 4) is 5.75 Å². The van der Waals surface area contributed by atoms with Crippen molar-refractivity contribution in [3.63, 3.8) is 0 Å². The van der Waals surface area contributed by atoms with E-state index in [1.54, 1.807) is 48.5 Å². The third kappa shape index (κ3) is 4.63. The van der Waals surface area contributed by atoms with E-state index in [2.05, 4.69) is 0 Å². The Morgan fingerprint density at radius 3 is 2.07 bits per heavy atom. The SMILES string of the molecule is Cc1ccc(C)c(C(=O)COc2ccc(C(=O)c3ccc(Cl)cc3)cc2)c1. The molecule has 3 nitrogen and oxygen atoms in total. The number of rotatable bonds is 6. The lowest BCUT2D eigenvalue weighted by molar-refractivity contribution is 0.0920. The Hall–Kier alpha value is -2.91. The number of halogens is 1. The van der Waals surface area contributed by atoms with Gasteiger partial charge in [-0.2, -0.15) is 0 Å². The van der Waals surface area contributed by atoms with Gasteiger partial charge in [0.25, 0.3) is 0 Å². The zero-order valence-electron chi connectivity index (χ0n) is 15.2. The van der Waals surface area contributed by atoms with E-state index in [0.717, 1.165) is 11.1 Å². The summed E-state index contributed by atoms with van der Waals surface area (Å²) < 4.78 is 5.59. The summed E-state index contributed by atoms with van der Waals surface area (Å²) in [6, 6.07) is 19.3. The van der Waals surface area contributed by atoms with Crippen molar-refractivity contribution >= 4 is 23.2 Å². The smallest absolute Gasteiger partial charge is 0.200 e. The molecule has 0 unspecified atom stereocenters. The van der Waals surface area contributed by atoms with Crippen LogP contribution in [-0.2, 0) is 0 Å². The minimum atomic E-state index is -0.0929. The molecule has 0 spiro atoms. The van der Waals surface area contributed by atoms with E-state index in [1.165, 1.54) is 0 Å². The van der Waals surface area contributed by atoms with Gasteiger partial charge in [0.1, 0.15) is 5.75 Å². The Morgan fingerprint density at radius 2 is 1.44 bits per heavy atom. The maximum absolute atomic E-state index is 12.5. The third-order valence-electron chi connectivity index (χ3n) is 4.29. The van der Waals surface area contributed by atoms with Gasteiger partial charge in [-0.25, -0.2) is 0 Å². The standard InChI is InChI=1S/C23H19ClO3/c1-15-3-4-16(2)21(13-15)22(25)14-27-20-11-7-18(8-12-20)23(26)17-5-9-19(24)10-6-17/h3-13H,14H2,1-2H3. The molecule has 0 aliphatic heterocycles. The van der Waals surface area contributed by atoms with Gasteiger partial charge >= 0.3 is 0 Å². The van der Waals surface area contributed by atoms with Gasteiger partial charge in [0, 0.05) is 21.7 Å². The number of carbonyl (C=O) groups is 2. The summed E-state index contributed by atoms with van der Waals surface area (Å²) in [7, 11) is 0. The highest BCUT2D eigenvalue weighted by Gasteiger charge is 2.12.